The predicted molar refractivity (Wildman–Crippen MR) is 109 cm³/mol. The normalized spacial score (nSPS) is 17.6. The highest BCUT2D eigenvalue weighted by atomic mass is 127. The summed E-state index contributed by atoms with van der Waals surface area (Å²) < 4.78 is 5.80. The quantitative estimate of drug-likeness (QED) is 0.393. The van der Waals surface area contributed by atoms with Gasteiger partial charge in [-0.25, -0.2) is 0 Å². The van der Waals surface area contributed by atoms with Crippen molar-refractivity contribution in [1.82, 2.24) is 10.6 Å². The van der Waals surface area contributed by atoms with Gasteiger partial charge in [0.15, 0.2) is 5.96 Å². The summed E-state index contributed by atoms with van der Waals surface area (Å²) in [5.41, 5.74) is 0. The molecule has 1 saturated heterocycles. The van der Waals surface area contributed by atoms with Gasteiger partial charge in [-0.2, -0.15) is 11.8 Å². The molecule has 1 aromatic heterocycles. The number of thiophene rings is 1. The van der Waals surface area contributed by atoms with E-state index >= 15 is 0 Å². The highest BCUT2D eigenvalue weighted by molar-refractivity contribution is 14.0. The minimum absolute atomic E-state index is 0. The Balaban J connectivity index is 0.00000242. The second kappa shape index (κ2) is 10.7. The summed E-state index contributed by atoms with van der Waals surface area (Å²) >= 11 is 3.81. The maximum atomic E-state index is 5.52. The average molecular weight is 455 g/mol. The Morgan fingerprint density at radius 3 is 2.77 bits per heavy atom. The minimum atomic E-state index is 0. The number of rotatable bonds is 6. The monoisotopic (exact) mass is 455 g/mol. The summed E-state index contributed by atoms with van der Waals surface area (Å²) in [5, 5.41) is 8.97. The Kier molecular flexibility index (Phi) is 9.77. The Morgan fingerprint density at radius 2 is 2.18 bits per heavy atom. The number of nitrogens with zero attached hydrogens (tertiary/aromatic N) is 1. The standard InChI is InChI=1S/C15H25N3OS2.HI/c1-3-21-15(6-8-19-9-7-15)12-18-14(16-2)17-11-13-5-4-10-20-13;/h4-5,10H,3,6-9,11-12H2,1-2H3,(H2,16,17,18);1H. The van der Waals surface area contributed by atoms with Crippen LogP contribution in [0.2, 0.25) is 0 Å². The number of thioether (sulfide) groups is 1. The first-order valence-corrected chi connectivity index (χ1v) is 9.33. The molecule has 1 aliphatic heterocycles. The van der Waals surface area contributed by atoms with Crippen molar-refractivity contribution in [2.75, 3.05) is 32.6 Å². The lowest BCUT2D eigenvalue weighted by molar-refractivity contribution is 0.0782. The maximum Gasteiger partial charge on any atom is 0.191 e. The number of halogens is 1. The van der Waals surface area contributed by atoms with Gasteiger partial charge in [0.1, 0.15) is 0 Å². The van der Waals surface area contributed by atoms with Crippen LogP contribution in [-0.4, -0.2) is 43.3 Å². The van der Waals surface area contributed by atoms with Crippen LogP contribution in [0.5, 0.6) is 0 Å². The van der Waals surface area contributed by atoms with Crippen LogP contribution in [0.4, 0.5) is 0 Å². The maximum absolute atomic E-state index is 5.52. The molecule has 1 aliphatic rings. The van der Waals surface area contributed by atoms with Crippen LogP contribution in [0.3, 0.4) is 0 Å². The average Bonchev–Trinajstić information content (AvgIpc) is 3.02. The third-order valence-corrected chi connectivity index (χ3v) is 6.00. The van der Waals surface area contributed by atoms with E-state index in [0.29, 0.717) is 0 Å². The van der Waals surface area contributed by atoms with Crippen molar-refractivity contribution in [3.05, 3.63) is 22.4 Å². The van der Waals surface area contributed by atoms with E-state index in [0.717, 1.165) is 50.9 Å². The molecular formula is C15H26IN3OS2. The predicted octanol–water partition coefficient (Wildman–Crippen LogP) is 3.33. The molecule has 22 heavy (non-hydrogen) atoms. The molecular weight excluding hydrogens is 429 g/mol. The zero-order valence-corrected chi connectivity index (χ0v) is 17.2. The molecule has 126 valence electrons. The first kappa shape index (κ1) is 20.1. The lowest BCUT2D eigenvalue weighted by Crippen LogP contribution is -2.47. The van der Waals surface area contributed by atoms with Crippen LogP contribution in [0, 0.1) is 0 Å². The van der Waals surface area contributed by atoms with Gasteiger partial charge in [-0.05, 0) is 30.0 Å². The van der Waals surface area contributed by atoms with Crippen LogP contribution in [0.25, 0.3) is 0 Å². The third kappa shape index (κ3) is 6.25. The highest BCUT2D eigenvalue weighted by Gasteiger charge is 2.32. The van der Waals surface area contributed by atoms with Crippen molar-refractivity contribution < 1.29 is 4.74 Å². The Labute approximate surface area is 158 Å². The molecule has 0 amide bonds. The molecule has 2 N–H and O–H groups in total. The van der Waals surface area contributed by atoms with E-state index in [1.54, 1.807) is 11.3 Å². The molecule has 0 unspecified atom stereocenters. The first-order valence-electron chi connectivity index (χ1n) is 7.46. The summed E-state index contributed by atoms with van der Waals surface area (Å²) in [4.78, 5) is 5.64. The van der Waals surface area contributed by atoms with Crippen LogP contribution in [-0.2, 0) is 11.3 Å². The van der Waals surface area contributed by atoms with E-state index in [9.17, 15) is 0 Å². The van der Waals surface area contributed by atoms with E-state index in [1.807, 2.05) is 18.8 Å². The summed E-state index contributed by atoms with van der Waals surface area (Å²) in [7, 11) is 1.83. The van der Waals surface area contributed by atoms with E-state index < -0.39 is 0 Å². The topological polar surface area (TPSA) is 45.7 Å². The summed E-state index contributed by atoms with van der Waals surface area (Å²) in [6.07, 6.45) is 2.22. The van der Waals surface area contributed by atoms with Crippen LogP contribution in [0.15, 0.2) is 22.5 Å². The lowest BCUT2D eigenvalue weighted by atomic mass is 9.99. The molecule has 0 aromatic carbocycles. The molecule has 7 heteroatoms. The van der Waals surface area contributed by atoms with Gasteiger partial charge >= 0.3 is 0 Å². The molecule has 0 bridgehead atoms. The van der Waals surface area contributed by atoms with Gasteiger partial charge < -0.3 is 15.4 Å². The van der Waals surface area contributed by atoms with Gasteiger partial charge in [0.05, 0.1) is 6.54 Å². The van der Waals surface area contributed by atoms with Crippen molar-refractivity contribution in [1.29, 1.82) is 0 Å². The molecule has 2 rings (SSSR count). The van der Waals surface area contributed by atoms with Gasteiger partial charge in [0, 0.05) is 36.4 Å². The number of nitrogens with one attached hydrogen (secondary N) is 2. The van der Waals surface area contributed by atoms with E-state index in [1.165, 1.54) is 4.88 Å². The first-order chi connectivity index (χ1) is 10.3. The van der Waals surface area contributed by atoms with Crippen molar-refractivity contribution in [2.45, 2.75) is 31.1 Å². The molecule has 0 radical (unpaired) electrons. The van der Waals surface area contributed by atoms with Crippen LogP contribution in [0.1, 0.15) is 24.6 Å². The second-order valence-electron chi connectivity index (χ2n) is 5.09. The number of hydrogen-bond acceptors (Lipinski definition) is 4. The zero-order chi connectivity index (χ0) is 15.0. The SMILES string of the molecule is CCSC1(CNC(=NC)NCc2cccs2)CCOCC1.I. The van der Waals surface area contributed by atoms with E-state index in [-0.39, 0.29) is 28.7 Å². The summed E-state index contributed by atoms with van der Waals surface area (Å²) in [6, 6.07) is 4.21. The van der Waals surface area contributed by atoms with Gasteiger partial charge in [-0.3, -0.25) is 4.99 Å². The van der Waals surface area contributed by atoms with Gasteiger partial charge in [0.2, 0.25) is 0 Å². The van der Waals surface area contributed by atoms with Gasteiger partial charge in [0.25, 0.3) is 0 Å². The summed E-state index contributed by atoms with van der Waals surface area (Å²) in [6.45, 7) is 5.74. The van der Waals surface area contributed by atoms with Crippen molar-refractivity contribution in [3.63, 3.8) is 0 Å². The zero-order valence-electron chi connectivity index (χ0n) is 13.3. The van der Waals surface area contributed by atoms with Crippen LogP contribution >= 0.6 is 47.1 Å². The van der Waals surface area contributed by atoms with Gasteiger partial charge in [-0.1, -0.05) is 13.0 Å². The second-order valence-corrected chi connectivity index (χ2v) is 7.85. The van der Waals surface area contributed by atoms with Crippen LogP contribution < -0.4 is 10.6 Å². The number of aliphatic imine (C=N–C) groups is 1. The lowest BCUT2D eigenvalue weighted by Gasteiger charge is -2.37. The Morgan fingerprint density at radius 1 is 1.41 bits per heavy atom. The third-order valence-electron chi connectivity index (χ3n) is 3.67. The molecule has 0 spiro atoms. The van der Waals surface area contributed by atoms with Crippen molar-refractivity contribution in [3.8, 4) is 0 Å². The Bertz CT molecular complexity index is 428. The molecule has 0 saturated carbocycles. The van der Waals surface area contributed by atoms with Gasteiger partial charge in [-0.15, -0.1) is 35.3 Å². The molecule has 1 aromatic rings. The van der Waals surface area contributed by atoms with Crippen molar-refractivity contribution >= 4 is 53.0 Å². The largest absolute Gasteiger partial charge is 0.381 e. The fraction of sp³-hybridized carbons (Fsp3) is 0.667. The van der Waals surface area contributed by atoms with E-state index in [4.69, 9.17) is 4.74 Å². The minimum Gasteiger partial charge on any atom is -0.381 e. The fourth-order valence-corrected chi connectivity index (χ4v) is 4.36. The molecule has 0 aliphatic carbocycles. The molecule has 0 atom stereocenters. The molecule has 4 nitrogen and oxygen atoms in total. The molecule has 2 heterocycles. The smallest absolute Gasteiger partial charge is 0.191 e. The highest BCUT2D eigenvalue weighted by Crippen LogP contribution is 2.34. The molecule has 1 fully saturated rings. The van der Waals surface area contributed by atoms with E-state index in [2.05, 4.69) is 40.1 Å². The van der Waals surface area contributed by atoms with Crippen molar-refractivity contribution in [2.24, 2.45) is 4.99 Å². The fourth-order valence-electron chi connectivity index (χ4n) is 2.47. The number of hydrogen-bond donors (Lipinski definition) is 2. The summed E-state index contributed by atoms with van der Waals surface area (Å²) in [5.74, 6) is 2.02. The number of ether oxygens (including phenoxy) is 1. The number of guanidine groups is 1. The Hall–Kier alpha value is 0.01000.